The van der Waals surface area contributed by atoms with E-state index in [1.165, 1.54) is 6.07 Å². The third-order valence-corrected chi connectivity index (χ3v) is 3.68. The summed E-state index contributed by atoms with van der Waals surface area (Å²) in [6.07, 6.45) is 0. The molecule has 1 atom stereocenters. The van der Waals surface area contributed by atoms with E-state index in [9.17, 15) is 14.9 Å². The molecule has 0 radical (unpaired) electrons. The average molecular weight is 328 g/mol. The molecule has 0 unspecified atom stereocenters. The summed E-state index contributed by atoms with van der Waals surface area (Å²) in [6.45, 7) is 0.331. The minimum Gasteiger partial charge on any atom is -0.383 e. The standard InChI is InChI=1S/C17H20N4O3/c1-18-14-9-8-12(10-15(14)21(23)24)11-20-16(17(22)19-2)13-6-4-3-5-7-13/h3-10,16,18,20H,11H2,1-2H3,(H,19,22)/t16-/m0/s1. The van der Waals surface area contributed by atoms with Crippen LogP contribution in [0.1, 0.15) is 17.2 Å². The molecule has 2 aromatic carbocycles. The van der Waals surface area contributed by atoms with Crippen LogP contribution in [0.5, 0.6) is 0 Å². The van der Waals surface area contributed by atoms with Gasteiger partial charge in [0.1, 0.15) is 11.7 Å². The van der Waals surface area contributed by atoms with Gasteiger partial charge in [-0.25, -0.2) is 0 Å². The van der Waals surface area contributed by atoms with E-state index in [1.807, 2.05) is 30.3 Å². The van der Waals surface area contributed by atoms with Crippen LogP contribution in [0, 0.1) is 10.1 Å². The molecule has 7 nitrogen and oxygen atoms in total. The Morgan fingerprint density at radius 2 is 1.88 bits per heavy atom. The van der Waals surface area contributed by atoms with Crippen LogP contribution in [-0.2, 0) is 11.3 Å². The van der Waals surface area contributed by atoms with Gasteiger partial charge in [0.05, 0.1) is 4.92 Å². The number of hydrogen-bond donors (Lipinski definition) is 3. The lowest BCUT2D eigenvalue weighted by Gasteiger charge is -2.18. The molecule has 0 fully saturated rings. The normalized spacial score (nSPS) is 11.6. The molecule has 3 N–H and O–H groups in total. The highest BCUT2D eigenvalue weighted by molar-refractivity contribution is 5.82. The van der Waals surface area contributed by atoms with E-state index in [0.29, 0.717) is 12.2 Å². The molecule has 0 aliphatic carbocycles. The third kappa shape index (κ3) is 4.08. The van der Waals surface area contributed by atoms with Gasteiger partial charge in [0.15, 0.2) is 0 Å². The second kappa shape index (κ2) is 8.07. The summed E-state index contributed by atoms with van der Waals surface area (Å²) in [6, 6.07) is 13.7. The van der Waals surface area contributed by atoms with Crippen molar-refractivity contribution >= 4 is 17.3 Å². The third-order valence-electron chi connectivity index (χ3n) is 3.68. The predicted octanol–water partition coefficient (Wildman–Crippen LogP) is 2.21. The van der Waals surface area contributed by atoms with Gasteiger partial charge in [-0.1, -0.05) is 36.4 Å². The van der Waals surface area contributed by atoms with Crippen molar-refractivity contribution in [1.29, 1.82) is 0 Å². The lowest BCUT2D eigenvalue weighted by molar-refractivity contribution is -0.384. The number of anilines is 1. The number of hydrogen-bond acceptors (Lipinski definition) is 5. The fourth-order valence-corrected chi connectivity index (χ4v) is 2.42. The van der Waals surface area contributed by atoms with Crippen molar-refractivity contribution in [1.82, 2.24) is 10.6 Å². The molecule has 1 amide bonds. The number of nitrogens with one attached hydrogen (secondary N) is 3. The summed E-state index contributed by atoms with van der Waals surface area (Å²) in [4.78, 5) is 22.8. The van der Waals surface area contributed by atoms with Crippen molar-refractivity contribution in [2.75, 3.05) is 19.4 Å². The Labute approximate surface area is 140 Å². The number of nitro benzene ring substituents is 1. The zero-order valence-electron chi connectivity index (χ0n) is 13.6. The first kappa shape index (κ1) is 17.4. The number of amides is 1. The van der Waals surface area contributed by atoms with Crippen LogP contribution in [0.4, 0.5) is 11.4 Å². The molecule has 0 aliphatic rings. The van der Waals surface area contributed by atoms with Gasteiger partial charge in [-0.05, 0) is 17.2 Å². The highest BCUT2D eigenvalue weighted by Gasteiger charge is 2.19. The number of nitrogens with zero attached hydrogens (tertiary/aromatic N) is 1. The maximum atomic E-state index is 12.1. The molecule has 0 bridgehead atoms. The van der Waals surface area contributed by atoms with E-state index in [2.05, 4.69) is 16.0 Å². The van der Waals surface area contributed by atoms with Crippen LogP contribution in [0.25, 0.3) is 0 Å². The Balaban J connectivity index is 2.19. The van der Waals surface area contributed by atoms with Crippen LogP contribution in [0.2, 0.25) is 0 Å². The second-order valence-electron chi connectivity index (χ2n) is 5.20. The van der Waals surface area contributed by atoms with Crippen molar-refractivity contribution in [3.8, 4) is 0 Å². The van der Waals surface area contributed by atoms with Gasteiger partial charge in [0, 0.05) is 26.7 Å². The van der Waals surface area contributed by atoms with Gasteiger partial charge in [-0.15, -0.1) is 0 Å². The zero-order chi connectivity index (χ0) is 17.5. The van der Waals surface area contributed by atoms with Crippen LogP contribution in [-0.4, -0.2) is 24.9 Å². The fourth-order valence-electron chi connectivity index (χ4n) is 2.42. The molecule has 2 aromatic rings. The van der Waals surface area contributed by atoms with Crippen molar-refractivity contribution in [2.24, 2.45) is 0 Å². The molecule has 0 saturated heterocycles. The van der Waals surface area contributed by atoms with Gasteiger partial charge in [-0.3, -0.25) is 20.2 Å². The zero-order valence-corrected chi connectivity index (χ0v) is 13.6. The maximum Gasteiger partial charge on any atom is 0.292 e. The van der Waals surface area contributed by atoms with E-state index >= 15 is 0 Å². The van der Waals surface area contributed by atoms with Crippen molar-refractivity contribution in [2.45, 2.75) is 12.6 Å². The number of carbonyl (C=O) groups is 1. The topological polar surface area (TPSA) is 96.3 Å². The Kier molecular flexibility index (Phi) is 5.86. The fraction of sp³-hybridized carbons (Fsp3) is 0.235. The van der Waals surface area contributed by atoms with E-state index in [0.717, 1.165) is 11.1 Å². The Morgan fingerprint density at radius 1 is 1.17 bits per heavy atom. The van der Waals surface area contributed by atoms with Crippen LogP contribution in [0.15, 0.2) is 48.5 Å². The SMILES string of the molecule is CNC(=O)[C@@H](NCc1ccc(NC)c([N+](=O)[O-])c1)c1ccccc1. The highest BCUT2D eigenvalue weighted by Crippen LogP contribution is 2.25. The molecule has 2 rings (SSSR count). The number of likely N-dealkylation sites (N-methyl/N-ethyl adjacent to an activating group) is 1. The summed E-state index contributed by atoms with van der Waals surface area (Å²) >= 11 is 0. The summed E-state index contributed by atoms with van der Waals surface area (Å²) in [5.74, 6) is -0.164. The number of carbonyl (C=O) groups excluding carboxylic acids is 1. The molecule has 0 aliphatic heterocycles. The van der Waals surface area contributed by atoms with E-state index in [-0.39, 0.29) is 11.6 Å². The van der Waals surface area contributed by atoms with Gasteiger partial charge in [0.2, 0.25) is 5.91 Å². The summed E-state index contributed by atoms with van der Waals surface area (Å²) < 4.78 is 0. The summed E-state index contributed by atoms with van der Waals surface area (Å²) in [5.41, 5.74) is 2.02. The van der Waals surface area contributed by atoms with Crippen LogP contribution < -0.4 is 16.0 Å². The summed E-state index contributed by atoms with van der Waals surface area (Å²) in [5, 5.41) is 19.7. The maximum absolute atomic E-state index is 12.1. The monoisotopic (exact) mass is 328 g/mol. The van der Waals surface area contributed by atoms with E-state index in [4.69, 9.17) is 0 Å². The Hall–Kier alpha value is -2.93. The van der Waals surface area contributed by atoms with Crippen molar-refractivity contribution < 1.29 is 9.72 Å². The minimum atomic E-state index is -0.528. The van der Waals surface area contributed by atoms with Crippen molar-refractivity contribution in [3.05, 3.63) is 69.8 Å². The summed E-state index contributed by atoms with van der Waals surface area (Å²) in [7, 11) is 3.21. The highest BCUT2D eigenvalue weighted by atomic mass is 16.6. The first-order valence-electron chi connectivity index (χ1n) is 7.51. The second-order valence-corrected chi connectivity index (χ2v) is 5.20. The van der Waals surface area contributed by atoms with Gasteiger partial charge >= 0.3 is 0 Å². The van der Waals surface area contributed by atoms with Crippen molar-refractivity contribution in [3.63, 3.8) is 0 Å². The molecule has 7 heteroatoms. The number of rotatable bonds is 7. The van der Waals surface area contributed by atoms with E-state index < -0.39 is 11.0 Å². The first-order valence-corrected chi connectivity index (χ1v) is 7.51. The quantitative estimate of drug-likeness (QED) is 0.535. The minimum absolute atomic E-state index is 0.00741. The largest absolute Gasteiger partial charge is 0.383 e. The molecular weight excluding hydrogens is 308 g/mol. The number of benzene rings is 2. The molecule has 0 saturated carbocycles. The molecular formula is C17H20N4O3. The predicted molar refractivity (Wildman–Crippen MR) is 92.7 cm³/mol. The number of nitro groups is 1. The average Bonchev–Trinajstić information content (AvgIpc) is 2.62. The molecule has 0 spiro atoms. The molecule has 126 valence electrons. The first-order chi connectivity index (χ1) is 11.6. The van der Waals surface area contributed by atoms with Gasteiger partial charge < -0.3 is 10.6 Å². The van der Waals surface area contributed by atoms with Crippen LogP contribution in [0.3, 0.4) is 0 Å². The smallest absolute Gasteiger partial charge is 0.292 e. The molecule has 24 heavy (non-hydrogen) atoms. The van der Waals surface area contributed by atoms with Gasteiger partial charge in [0.25, 0.3) is 5.69 Å². The Bertz CT molecular complexity index is 719. The lowest BCUT2D eigenvalue weighted by Crippen LogP contribution is -2.35. The van der Waals surface area contributed by atoms with Crippen LogP contribution >= 0.6 is 0 Å². The van der Waals surface area contributed by atoms with E-state index in [1.54, 1.807) is 26.2 Å². The Morgan fingerprint density at radius 3 is 2.46 bits per heavy atom. The van der Waals surface area contributed by atoms with Gasteiger partial charge in [-0.2, -0.15) is 0 Å². The molecule has 0 heterocycles. The lowest BCUT2D eigenvalue weighted by atomic mass is 10.1. The molecule has 0 aromatic heterocycles.